The van der Waals surface area contributed by atoms with Crippen LogP contribution in [0.4, 0.5) is 17.1 Å². The summed E-state index contributed by atoms with van der Waals surface area (Å²) in [6.45, 7) is 4.73. The topological polar surface area (TPSA) is 3.24 Å². The molecule has 8 aromatic rings. The number of hydrogen-bond donors (Lipinski definition) is 0. The molecular formula is C45H35N. The van der Waals surface area contributed by atoms with Crippen molar-refractivity contribution >= 4 is 60.2 Å². The summed E-state index contributed by atoms with van der Waals surface area (Å²) in [7, 11) is 0. The molecule has 0 bridgehead atoms. The first-order chi connectivity index (χ1) is 22.7. The van der Waals surface area contributed by atoms with E-state index in [1.807, 2.05) is 0 Å². The van der Waals surface area contributed by atoms with Crippen molar-refractivity contribution in [3.63, 3.8) is 0 Å². The van der Waals surface area contributed by atoms with Crippen molar-refractivity contribution in [1.29, 1.82) is 0 Å². The number of fused-ring (bicyclic) bond motifs is 2. The second kappa shape index (κ2) is 10.3. The van der Waals surface area contributed by atoms with E-state index < -0.39 is 0 Å². The molecular weight excluding hydrogens is 555 g/mol. The molecule has 0 unspecified atom stereocenters. The molecule has 220 valence electrons. The van der Waals surface area contributed by atoms with Crippen molar-refractivity contribution in [3.8, 4) is 11.1 Å². The van der Waals surface area contributed by atoms with Crippen LogP contribution in [0, 0.1) is 0 Å². The van der Waals surface area contributed by atoms with Gasteiger partial charge in [-0.1, -0.05) is 129 Å². The first-order valence-corrected chi connectivity index (χ1v) is 16.6. The van der Waals surface area contributed by atoms with Crippen LogP contribution < -0.4 is 4.90 Å². The minimum Gasteiger partial charge on any atom is -0.309 e. The van der Waals surface area contributed by atoms with Crippen molar-refractivity contribution in [2.24, 2.45) is 0 Å². The highest BCUT2D eigenvalue weighted by Crippen LogP contribution is 2.54. The summed E-state index contributed by atoms with van der Waals surface area (Å²) in [5.74, 6) is 0. The average molecular weight is 590 g/mol. The zero-order chi connectivity index (χ0) is 30.8. The molecule has 1 nitrogen and oxygen atoms in total. The Morgan fingerprint density at radius 1 is 0.457 bits per heavy atom. The summed E-state index contributed by atoms with van der Waals surface area (Å²) in [4.78, 5) is 2.43. The molecule has 8 aromatic carbocycles. The highest BCUT2D eigenvalue weighted by atomic mass is 15.1. The molecule has 1 aliphatic carbocycles. The van der Waals surface area contributed by atoms with Crippen LogP contribution in [0.5, 0.6) is 0 Å². The summed E-state index contributed by atoms with van der Waals surface area (Å²) in [6, 6.07) is 56.2. The second-order valence-electron chi connectivity index (χ2n) is 12.7. The number of hydrogen-bond acceptors (Lipinski definition) is 1. The van der Waals surface area contributed by atoms with E-state index in [1.54, 1.807) is 0 Å². The summed E-state index contributed by atoms with van der Waals surface area (Å²) < 4.78 is 0. The van der Waals surface area contributed by atoms with E-state index in [-0.39, 0.29) is 5.41 Å². The molecule has 0 saturated carbocycles. The Balaban J connectivity index is 1.30. The van der Waals surface area contributed by atoms with Gasteiger partial charge in [0.15, 0.2) is 0 Å². The minimum absolute atomic E-state index is 0.0334. The predicted molar refractivity (Wildman–Crippen MR) is 198 cm³/mol. The van der Waals surface area contributed by atoms with Gasteiger partial charge in [0.2, 0.25) is 0 Å². The molecule has 1 heteroatoms. The van der Waals surface area contributed by atoms with Crippen molar-refractivity contribution < 1.29 is 0 Å². The fourth-order valence-electron chi connectivity index (χ4n) is 8.45. The molecule has 0 spiro atoms. The maximum absolute atomic E-state index is 2.52. The predicted octanol–water partition coefficient (Wildman–Crippen LogP) is 12.9. The highest BCUT2D eigenvalue weighted by molar-refractivity contribution is 6.17. The van der Waals surface area contributed by atoms with Crippen molar-refractivity contribution in [3.05, 3.63) is 163 Å². The van der Waals surface area contributed by atoms with Gasteiger partial charge in [-0.15, -0.1) is 0 Å². The van der Waals surface area contributed by atoms with Gasteiger partial charge in [-0.25, -0.2) is 0 Å². The molecule has 1 aliphatic rings. The number of benzene rings is 8. The van der Waals surface area contributed by atoms with Gasteiger partial charge in [0.1, 0.15) is 0 Å². The smallest absolute Gasteiger partial charge is 0.0540 e. The van der Waals surface area contributed by atoms with Crippen LogP contribution in [0.3, 0.4) is 0 Å². The number of anilines is 3. The van der Waals surface area contributed by atoms with E-state index in [0.717, 1.165) is 18.5 Å². The van der Waals surface area contributed by atoms with E-state index >= 15 is 0 Å². The summed E-state index contributed by atoms with van der Waals surface area (Å²) in [5.41, 5.74) is 9.10. The fraction of sp³-hybridized carbons (Fsp3) is 0.111. The SMILES string of the molecule is CCC1(CC)c2cccc3ccc4cc(-c5ccc(N(c6ccccc6)c6cccc7ccccc67)c6ccccc56)cc1c4c23. The van der Waals surface area contributed by atoms with Gasteiger partial charge in [-0.2, -0.15) is 0 Å². The molecule has 9 rings (SSSR count). The molecule has 0 N–H and O–H groups in total. The lowest BCUT2D eigenvalue weighted by molar-refractivity contribution is 0.492. The molecule has 0 aromatic heterocycles. The van der Waals surface area contributed by atoms with E-state index in [2.05, 4.69) is 170 Å². The zero-order valence-corrected chi connectivity index (χ0v) is 26.3. The first-order valence-electron chi connectivity index (χ1n) is 16.6. The molecule has 0 atom stereocenters. The Morgan fingerprint density at radius 2 is 1.09 bits per heavy atom. The Kier molecular flexibility index (Phi) is 6.05. The Morgan fingerprint density at radius 3 is 1.91 bits per heavy atom. The number of para-hydroxylation sites is 1. The molecule has 0 amide bonds. The van der Waals surface area contributed by atoms with Crippen LogP contribution in [0.15, 0.2) is 152 Å². The molecule has 0 radical (unpaired) electrons. The standard InChI is InChI=1S/C45H35N/c1-3-45(4-2)39-22-12-16-31-24-25-32-28-33(29-40(45)44(32)43(31)39)35-26-27-42(38-21-11-10-20-37(35)38)46(34-17-6-5-7-18-34)41-23-13-15-30-14-8-9-19-36(30)41/h5-29H,3-4H2,1-2H3. The highest BCUT2D eigenvalue weighted by Gasteiger charge is 2.39. The minimum atomic E-state index is 0.0334. The Labute approximate surface area is 270 Å². The third-order valence-corrected chi connectivity index (χ3v) is 10.7. The lowest BCUT2D eigenvalue weighted by Crippen LogP contribution is -2.23. The maximum Gasteiger partial charge on any atom is 0.0540 e. The van der Waals surface area contributed by atoms with Crippen LogP contribution in [0.1, 0.15) is 37.8 Å². The Bertz CT molecular complexity index is 2440. The van der Waals surface area contributed by atoms with Gasteiger partial charge in [0.05, 0.1) is 11.4 Å². The van der Waals surface area contributed by atoms with E-state index in [4.69, 9.17) is 0 Å². The van der Waals surface area contributed by atoms with Crippen LogP contribution in [0.25, 0.3) is 54.2 Å². The fourth-order valence-corrected chi connectivity index (χ4v) is 8.45. The molecule has 46 heavy (non-hydrogen) atoms. The number of nitrogens with zero attached hydrogens (tertiary/aromatic N) is 1. The largest absolute Gasteiger partial charge is 0.309 e. The van der Waals surface area contributed by atoms with Gasteiger partial charge >= 0.3 is 0 Å². The monoisotopic (exact) mass is 589 g/mol. The first kappa shape index (κ1) is 27.0. The van der Waals surface area contributed by atoms with Crippen LogP contribution in [0.2, 0.25) is 0 Å². The van der Waals surface area contributed by atoms with Crippen LogP contribution in [-0.2, 0) is 5.41 Å². The lowest BCUT2D eigenvalue weighted by Gasteiger charge is -2.30. The molecule has 0 saturated heterocycles. The summed E-state index contributed by atoms with van der Waals surface area (Å²) in [6.07, 6.45) is 2.18. The van der Waals surface area contributed by atoms with E-state index in [9.17, 15) is 0 Å². The second-order valence-corrected chi connectivity index (χ2v) is 12.7. The normalized spacial score (nSPS) is 13.3. The van der Waals surface area contributed by atoms with Gasteiger partial charge in [0, 0.05) is 21.9 Å². The van der Waals surface area contributed by atoms with Gasteiger partial charge < -0.3 is 4.90 Å². The van der Waals surface area contributed by atoms with E-state index in [1.165, 1.54) is 76.7 Å². The zero-order valence-electron chi connectivity index (χ0n) is 26.3. The number of rotatable bonds is 6. The average Bonchev–Trinajstić information content (AvgIpc) is 3.42. The third-order valence-electron chi connectivity index (χ3n) is 10.7. The van der Waals surface area contributed by atoms with Crippen molar-refractivity contribution in [1.82, 2.24) is 0 Å². The van der Waals surface area contributed by atoms with Gasteiger partial charge in [-0.3, -0.25) is 0 Å². The van der Waals surface area contributed by atoms with Crippen LogP contribution >= 0.6 is 0 Å². The molecule has 0 heterocycles. The maximum atomic E-state index is 2.52. The van der Waals surface area contributed by atoms with Gasteiger partial charge in [0.25, 0.3) is 0 Å². The lowest BCUT2D eigenvalue weighted by atomic mass is 9.73. The summed E-state index contributed by atoms with van der Waals surface area (Å²) in [5, 5.41) is 10.6. The third kappa shape index (κ3) is 3.75. The summed E-state index contributed by atoms with van der Waals surface area (Å²) >= 11 is 0. The van der Waals surface area contributed by atoms with Crippen molar-refractivity contribution in [2.45, 2.75) is 32.1 Å². The van der Waals surface area contributed by atoms with Crippen molar-refractivity contribution in [2.75, 3.05) is 4.90 Å². The quantitative estimate of drug-likeness (QED) is 0.174. The Hall–Kier alpha value is -5.40. The van der Waals surface area contributed by atoms with Gasteiger partial charge in [-0.05, 0) is 104 Å². The molecule has 0 aliphatic heterocycles. The van der Waals surface area contributed by atoms with E-state index in [0.29, 0.717) is 0 Å². The molecule has 0 fully saturated rings. The van der Waals surface area contributed by atoms with Crippen LogP contribution in [-0.4, -0.2) is 0 Å².